The molecule has 5 heteroatoms. The largest absolute Gasteiger partial charge is 0.351 e. The van der Waals surface area contributed by atoms with E-state index in [2.05, 4.69) is 5.32 Å². The molecule has 1 aromatic rings. The molecule has 1 aromatic carbocycles. The van der Waals surface area contributed by atoms with Crippen LogP contribution in [0.25, 0.3) is 0 Å². The third-order valence-corrected chi connectivity index (χ3v) is 4.52. The summed E-state index contributed by atoms with van der Waals surface area (Å²) >= 11 is 0. The fraction of sp³-hybridized carbons (Fsp3) is 0.556. The lowest BCUT2D eigenvalue weighted by molar-refractivity contribution is -0.128. The number of carbonyl (C=O) groups is 2. The Morgan fingerprint density at radius 3 is 2.57 bits per heavy atom. The predicted octanol–water partition coefficient (Wildman–Crippen LogP) is 2.98. The highest BCUT2D eigenvalue weighted by Crippen LogP contribution is 2.20. The normalized spacial score (nSPS) is 18.6. The van der Waals surface area contributed by atoms with Gasteiger partial charge < -0.3 is 10.2 Å². The molecule has 1 atom stereocenters. The van der Waals surface area contributed by atoms with Crippen molar-refractivity contribution in [3.05, 3.63) is 35.6 Å². The number of piperidine rings is 1. The molecule has 0 saturated carbocycles. The number of likely N-dealkylation sites (tertiary alicyclic amines) is 1. The van der Waals surface area contributed by atoms with E-state index < -0.39 is 0 Å². The predicted molar refractivity (Wildman–Crippen MR) is 87.5 cm³/mol. The molecule has 1 aliphatic rings. The summed E-state index contributed by atoms with van der Waals surface area (Å²) in [6, 6.07) is 5.54. The van der Waals surface area contributed by atoms with Crippen LogP contribution >= 0.6 is 0 Å². The number of nitrogens with zero attached hydrogens (tertiary/aromatic N) is 1. The molecule has 1 heterocycles. The highest BCUT2D eigenvalue weighted by molar-refractivity contribution is 5.94. The standard InChI is InChI=1S/C18H25FN2O2/c1-4-18(2,3)20-16(22)14-6-5-11-21(12-14)17(23)13-7-9-15(19)10-8-13/h7-10,14H,4-6,11-12H2,1-3H3,(H,20,22). The Kier molecular flexibility index (Phi) is 5.39. The van der Waals surface area contributed by atoms with Crippen molar-refractivity contribution < 1.29 is 14.0 Å². The van der Waals surface area contributed by atoms with Crippen LogP contribution in [0.4, 0.5) is 4.39 Å². The number of nitrogens with one attached hydrogen (secondary N) is 1. The van der Waals surface area contributed by atoms with Crippen LogP contribution < -0.4 is 5.32 Å². The quantitative estimate of drug-likeness (QED) is 0.927. The first-order chi connectivity index (χ1) is 10.8. The van der Waals surface area contributed by atoms with Crippen molar-refractivity contribution in [1.82, 2.24) is 10.2 Å². The average Bonchev–Trinajstić information content (AvgIpc) is 2.54. The van der Waals surface area contributed by atoms with Crippen LogP contribution in [0.1, 0.15) is 50.4 Å². The summed E-state index contributed by atoms with van der Waals surface area (Å²) in [4.78, 5) is 26.6. The molecule has 0 aromatic heterocycles. The number of amides is 2. The van der Waals surface area contributed by atoms with Crippen molar-refractivity contribution in [3.63, 3.8) is 0 Å². The molecule has 4 nitrogen and oxygen atoms in total. The third-order valence-electron chi connectivity index (χ3n) is 4.52. The maximum absolute atomic E-state index is 13.0. The van der Waals surface area contributed by atoms with E-state index in [-0.39, 0.29) is 29.1 Å². The summed E-state index contributed by atoms with van der Waals surface area (Å²) in [7, 11) is 0. The molecule has 0 bridgehead atoms. The summed E-state index contributed by atoms with van der Waals surface area (Å²) in [6.07, 6.45) is 2.44. The lowest BCUT2D eigenvalue weighted by atomic mass is 9.94. The number of hydrogen-bond donors (Lipinski definition) is 1. The van der Waals surface area contributed by atoms with Crippen molar-refractivity contribution in [3.8, 4) is 0 Å². The van der Waals surface area contributed by atoms with Crippen molar-refractivity contribution in [2.75, 3.05) is 13.1 Å². The second-order valence-corrected chi connectivity index (χ2v) is 6.82. The van der Waals surface area contributed by atoms with Crippen LogP contribution in [0.15, 0.2) is 24.3 Å². The van der Waals surface area contributed by atoms with Gasteiger partial charge in [-0.1, -0.05) is 6.92 Å². The maximum atomic E-state index is 13.0. The van der Waals surface area contributed by atoms with Crippen LogP contribution in [-0.4, -0.2) is 35.3 Å². The third kappa shape index (κ3) is 4.53. The molecule has 2 rings (SSSR count). The zero-order valence-corrected chi connectivity index (χ0v) is 14.1. The van der Waals surface area contributed by atoms with E-state index in [4.69, 9.17) is 0 Å². The molecular formula is C18H25FN2O2. The van der Waals surface area contributed by atoms with Crippen molar-refractivity contribution in [2.45, 2.75) is 45.6 Å². The summed E-state index contributed by atoms with van der Waals surface area (Å²) in [5, 5.41) is 3.06. The molecule has 0 radical (unpaired) electrons. The van der Waals surface area contributed by atoms with Crippen LogP contribution in [0.5, 0.6) is 0 Å². The highest BCUT2D eigenvalue weighted by Gasteiger charge is 2.31. The first-order valence-electron chi connectivity index (χ1n) is 8.19. The maximum Gasteiger partial charge on any atom is 0.253 e. The minimum absolute atomic E-state index is 0.00783. The molecular weight excluding hydrogens is 295 g/mol. The van der Waals surface area contributed by atoms with Gasteiger partial charge in [-0.05, 0) is 57.4 Å². The molecule has 0 aliphatic carbocycles. The molecule has 1 aliphatic heterocycles. The van der Waals surface area contributed by atoms with Gasteiger partial charge in [0.25, 0.3) is 5.91 Å². The number of carbonyl (C=O) groups excluding carboxylic acids is 2. The number of hydrogen-bond acceptors (Lipinski definition) is 2. The van der Waals surface area contributed by atoms with E-state index in [0.29, 0.717) is 18.7 Å². The first-order valence-corrected chi connectivity index (χ1v) is 8.19. The molecule has 1 fully saturated rings. The van der Waals surface area contributed by atoms with Crippen molar-refractivity contribution >= 4 is 11.8 Å². The van der Waals surface area contributed by atoms with Crippen LogP contribution in [0, 0.1) is 11.7 Å². The SMILES string of the molecule is CCC(C)(C)NC(=O)C1CCCN(C(=O)c2ccc(F)cc2)C1. The minimum atomic E-state index is -0.362. The molecule has 126 valence electrons. The van der Waals surface area contributed by atoms with E-state index >= 15 is 0 Å². The van der Waals surface area contributed by atoms with Crippen molar-refractivity contribution in [2.24, 2.45) is 5.92 Å². The highest BCUT2D eigenvalue weighted by atomic mass is 19.1. The zero-order chi connectivity index (χ0) is 17.0. The summed E-state index contributed by atoms with van der Waals surface area (Å²) in [5.74, 6) is -0.677. The van der Waals surface area contributed by atoms with E-state index in [0.717, 1.165) is 19.3 Å². The Labute approximate surface area is 137 Å². The molecule has 1 unspecified atom stereocenters. The van der Waals surface area contributed by atoms with Gasteiger partial charge in [-0.2, -0.15) is 0 Å². The first kappa shape index (κ1) is 17.4. The Morgan fingerprint density at radius 1 is 1.30 bits per heavy atom. The minimum Gasteiger partial charge on any atom is -0.351 e. The Hall–Kier alpha value is -1.91. The fourth-order valence-electron chi connectivity index (χ4n) is 2.67. The van der Waals surface area contributed by atoms with Gasteiger partial charge in [-0.3, -0.25) is 9.59 Å². The van der Waals surface area contributed by atoms with E-state index in [1.54, 1.807) is 4.90 Å². The topological polar surface area (TPSA) is 49.4 Å². The lowest BCUT2D eigenvalue weighted by Crippen LogP contribution is -2.50. The summed E-state index contributed by atoms with van der Waals surface area (Å²) in [5.41, 5.74) is 0.224. The van der Waals surface area contributed by atoms with Gasteiger partial charge in [0.15, 0.2) is 0 Å². The van der Waals surface area contributed by atoms with Crippen LogP contribution in [0.3, 0.4) is 0 Å². The van der Waals surface area contributed by atoms with Gasteiger partial charge in [0.05, 0.1) is 5.92 Å². The number of benzene rings is 1. The second-order valence-electron chi connectivity index (χ2n) is 6.82. The summed E-state index contributed by atoms with van der Waals surface area (Å²) in [6.45, 7) is 7.08. The number of halogens is 1. The van der Waals surface area contributed by atoms with Crippen molar-refractivity contribution in [1.29, 1.82) is 0 Å². The Bertz CT molecular complexity index is 569. The average molecular weight is 320 g/mol. The molecule has 1 N–H and O–H groups in total. The van der Waals surface area contributed by atoms with Gasteiger partial charge >= 0.3 is 0 Å². The fourth-order valence-corrected chi connectivity index (χ4v) is 2.67. The summed E-state index contributed by atoms with van der Waals surface area (Å²) < 4.78 is 13.0. The molecule has 2 amide bonds. The van der Waals surface area contributed by atoms with Gasteiger partial charge in [0.1, 0.15) is 5.82 Å². The van der Waals surface area contributed by atoms with Gasteiger partial charge in [0.2, 0.25) is 5.91 Å². The monoisotopic (exact) mass is 320 g/mol. The second kappa shape index (κ2) is 7.11. The number of rotatable bonds is 4. The van der Waals surface area contributed by atoms with Crippen LogP contribution in [-0.2, 0) is 4.79 Å². The molecule has 0 spiro atoms. The smallest absolute Gasteiger partial charge is 0.253 e. The Morgan fingerprint density at radius 2 is 1.96 bits per heavy atom. The molecule has 23 heavy (non-hydrogen) atoms. The molecule has 1 saturated heterocycles. The van der Waals surface area contributed by atoms with E-state index in [9.17, 15) is 14.0 Å². The van der Waals surface area contributed by atoms with E-state index in [1.807, 2.05) is 20.8 Å². The zero-order valence-electron chi connectivity index (χ0n) is 14.1. The van der Waals surface area contributed by atoms with Gasteiger partial charge in [-0.15, -0.1) is 0 Å². The van der Waals surface area contributed by atoms with Gasteiger partial charge in [-0.25, -0.2) is 4.39 Å². The van der Waals surface area contributed by atoms with Gasteiger partial charge in [0, 0.05) is 24.2 Å². The van der Waals surface area contributed by atoms with Crippen LogP contribution in [0.2, 0.25) is 0 Å². The lowest BCUT2D eigenvalue weighted by Gasteiger charge is -2.34. The Balaban J connectivity index is 2.01. The van der Waals surface area contributed by atoms with E-state index in [1.165, 1.54) is 24.3 Å².